The summed E-state index contributed by atoms with van der Waals surface area (Å²) in [6, 6.07) is 9.17. The van der Waals surface area contributed by atoms with Gasteiger partial charge in [0.1, 0.15) is 17.1 Å². The summed E-state index contributed by atoms with van der Waals surface area (Å²) in [5.41, 5.74) is 3.33. The van der Waals surface area contributed by atoms with E-state index in [0.29, 0.717) is 10.6 Å². The minimum absolute atomic E-state index is 0.0393. The van der Waals surface area contributed by atoms with Crippen LogP contribution in [-0.4, -0.2) is 17.1 Å². The van der Waals surface area contributed by atoms with Crippen LogP contribution >= 0.6 is 11.3 Å². The maximum absolute atomic E-state index is 12.6. The Labute approximate surface area is 157 Å². The molecule has 136 valence electrons. The summed E-state index contributed by atoms with van der Waals surface area (Å²) in [5.74, 6) is -0.174. The summed E-state index contributed by atoms with van der Waals surface area (Å²) in [6.45, 7) is 1.74. The average molecular weight is 369 g/mol. The van der Waals surface area contributed by atoms with E-state index in [0.717, 1.165) is 42.5 Å². The lowest BCUT2D eigenvalue weighted by molar-refractivity contribution is -0.116. The number of hydrogen-bond acceptors (Lipinski definition) is 5. The maximum atomic E-state index is 12.6. The number of nitrogens with one attached hydrogen (secondary N) is 2. The van der Waals surface area contributed by atoms with Crippen LogP contribution in [0.2, 0.25) is 0 Å². The number of hydrogen-bond donors (Lipinski definition) is 3. The van der Waals surface area contributed by atoms with Gasteiger partial charge in [-0.2, -0.15) is 5.26 Å². The first-order chi connectivity index (χ1) is 12.6. The molecule has 0 spiro atoms. The molecule has 0 saturated heterocycles. The van der Waals surface area contributed by atoms with E-state index in [1.807, 2.05) is 24.3 Å². The van der Waals surface area contributed by atoms with Gasteiger partial charge in [-0.05, 0) is 55.9 Å². The van der Waals surface area contributed by atoms with E-state index in [-0.39, 0.29) is 12.5 Å². The Bertz CT molecular complexity index is 838. The Kier molecular flexibility index (Phi) is 5.92. The maximum Gasteiger partial charge on any atom is 0.247 e. The van der Waals surface area contributed by atoms with Gasteiger partial charge in [0, 0.05) is 10.6 Å². The number of fused-ring (bicyclic) bond motifs is 1. The second-order valence-electron chi connectivity index (χ2n) is 6.59. The van der Waals surface area contributed by atoms with Gasteiger partial charge in [0.25, 0.3) is 0 Å². The lowest BCUT2D eigenvalue weighted by Crippen LogP contribution is -2.31. The summed E-state index contributed by atoms with van der Waals surface area (Å²) in [7, 11) is 0. The molecule has 0 saturated carbocycles. The fourth-order valence-corrected chi connectivity index (χ4v) is 4.49. The van der Waals surface area contributed by atoms with Crippen molar-refractivity contribution in [1.82, 2.24) is 0 Å². The molecule has 6 heteroatoms. The third kappa shape index (κ3) is 4.06. The Balaban J connectivity index is 1.72. The van der Waals surface area contributed by atoms with Crippen LogP contribution in [0.1, 0.15) is 47.8 Å². The molecule has 0 radical (unpaired) electrons. The largest absolute Gasteiger partial charge is 0.392 e. The molecule has 1 unspecified atom stereocenters. The Morgan fingerprint density at radius 1 is 1.35 bits per heavy atom. The van der Waals surface area contributed by atoms with Crippen LogP contribution in [0.5, 0.6) is 0 Å². The summed E-state index contributed by atoms with van der Waals surface area (Å²) in [6.07, 6.45) is 5.36. The standard InChI is InChI=1S/C20H23N3O2S/c1-13(22-15-7-5-6-14(10-15)12-24)19(25)23-20-17(11-21)16-8-3-2-4-9-18(16)26-20/h5-7,10,13,22,24H,2-4,8-9,12H2,1H3,(H,23,25). The zero-order valence-corrected chi connectivity index (χ0v) is 15.7. The highest BCUT2D eigenvalue weighted by Gasteiger charge is 2.22. The fraction of sp³-hybridized carbons (Fsp3) is 0.400. The number of aliphatic hydroxyl groups excluding tert-OH is 1. The quantitative estimate of drug-likeness (QED) is 0.700. The number of carbonyl (C=O) groups is 1. The molecule has 3 rings (SSSR count). The molecule has 0 aliphatic heterocycles. The van der Waals surface area contributed by atoms with Gasteiger partial charge in [0.05, 0.1) is 12.2 Å². The van der Waals surface area contributed by atoms with Crippen molar-refractivity contribution < 1.29 is 9.90 Å². The smallest absolute Gasteiger partial charge is 0.247 e. The summed E-state index contributed by atoms with van der Waals surface area (Å²) in [4.78, 5) is 13.8. The van der Waals surface area contributed by atoms with Gasteiger partial charge in [-0.15, -0.1) is 11.3 Å². The van der Waals surface area contributed by atoms with Gasteiger partial charge < -0.3 is 15.7 Å². The highest BCUT2D eigenvalue weighted by molar-refractivity contribution is 7.16. The van der Waals surface area contributed by atoms with E-state index in [1.54, 1.807) is 18.3 Å². The molecule has 5 nitrogen and oxygen atoms in total. The molecular weight excluding hydrogens is 346 g/mol. The zero-order valence-electron chi connectivity index (χ0n) is 14.8. The predicted octanol–water partition coefficient (Wildman–Crippen LogP) is 3.82. The van der Waals surface area contributed by atoms with Crippen molar-refractivity contribution in [3.05, 3.63) is 45.8 Å². The number of rotatable bonds is 5. The molecular formula is C20H23N3O2S. The first kappa shape index (κ1) is 18.4. The van der Waals surface area contributed by atoms with Gasteiger partial charge in [-0.25, -0.2) is 0 Å². The Morgan fingerprint density at radius 2 is 2.15 bits per heavy atom. The molecule has 1 aliphatic carbocycles. The second-order valence-corrected chi connectivity index (χ2v) is 7.70. The van der Waals surface area contributed by atoms with Crippen molar-refractivity contribution in [1.29, 1.82) is 5.26 Å². The summed E-state index contributed by atoms with van der Waals surface area (Å²) < 4.78 is 0. The first-order valence-corrected chi connectivity index (χ1v) is 9.76. The molecule has 0 bridgehead atoms. The molecule has 1 aliphatic rings. The molecule has 0 fully saturated rings. The van der Waals surface area contributed by atoms with E-state index in [9.17, 15) is 15.2 Å². The van der Waals surface area contributed by atoms with Gasteiger partial charge in [-0.1, -0.05) is 18.6 Å². The van der Waals surface area contributed by atoms with Crippen molar-refractivity contribution in [2.75, 3.05) is 10.6 Å². The van der Waals surface area contributed by atoms with Gasteiger partial charge >= 0.3 is 0 Å². The topological polar surface area (TPSA) is 85.2 Å². The molecule has 2 aromatic rings. The number of carbonyl (C=O) groups excluding carboxylic acids is 1. The van der Waals surface area contributed by atoms with Crippen molar-refractivity contribution in [2.24, 2.45) is 0 Å². The summed E-state index contributed by atoms with van der Waals surface area (Å²) in [5, 5.41) is 25.5. The molecule has 26 heavy (non-hydrogen) atoms. The van der Waals surface area contributed by atoms with E-state index >= 15 is 0 Å². The van der Waals surface area contributed by atoms with E-state index in [1.165, 1.54) is 11.3 Å². The van der Waals surface area contributed by atoms with Crippen LogP contribution in [0, 0.1) is 11.3 Å². The van der Waals surface area contributed by atoms with Crippen LogP contribution in [0.4, 0.5) is 10.7 Å². The van der Waals surface area contributed by atoms with Gasteiger partial charge in [0.15, 0.2) is 0 Å². The number of nitriles is 1. The molecule has 1 aromatic carbocycles. The fourth-order valence-electron chi connectivity index (χ4n) is 3.24. The van der Waals surface area contributed by atoms with Crippen LogP contribution in [-0.2, 0) is 24.2 Å². The highest BCUT2D eigenvalue weighted by Crippen LogP contribution is 2.37. The van der Waals surface area contributed by atoms with Crippen molar-refractivity contribution in [2.45, 2.75) is 51.7 Å². The SMILES string of the molecule is CC(Nc1cccc(CO)c1)C(=O)Nc1sc2c(c1C#N)CCCCC2. The number of thiophene rings is 1. The average Bonchev–Trinajstić information content (AvgIpc) is 2.81. The normalized spacial score (nSPS) is 14.7. The molecule has 1 heterocycles. The second kappa shape index (κ2) is 8.35. The zero-order chi connectivity index (χ0) is 18.5. The molecule has 1 atom stereocenters. The Hall–Kier alpha value is -2.36. The molecule has 3 N–H and O–H groups in total. The number of nitrogens with zero attached hydrogens (tertiary/aromatic N) is 1. The van der Waals surface area contributed by atoms with Crippen molar-refractivity contribution >= 4 is 27.9 Å². The van der Waals surface area contributed by atoms with Crippen LogP contribution in [0.15, 0.2) is 24.3 Å². The third-order valence-corrected chi connectivity index (χ3v) is 5.86. The van der Waals surface area contributed by atoms with Crippen molar-refractivity contribution in [3.63, 3.8) is 0 Å². The van der Waals surface area contributed by atoms with E-state index in [4.69, 9.17) is 0 Å². The number of anilines is 2. The van der Waals surface area contributed by atoms with Crippen LogP contribution in [0.3, 0.4) is 0 Å². The Morgan fingerprint density at radius 3 is 2.92 bits per heavy atom. The lowest BCUT2D eigenvalue weighted by Gasteiger charge is -2.15. The predicted molar refractivity (Wildman–Crippen MR) is 104 cm³/mol. The van der Waals surface area contributed by atoms with Crippen molar-refractivity contribution in [3.8, 4) is 6.07 Å². The first-order valence-electron chi connectivity index (χ1n) is 8.94. The third-order valence-electron chi connectivity index (χ3n) is 4.66. The van der Waals surface area contributed by atoms with E-state index < -0.39 is 6.04 Å². The minimum atomic E-state index is -0.461. The number of amides is 1. The van der Waals surface area contributed by atoms with Crippen LogP contribution < -0.4 is 10.6 Å². The summed E-state index contributed by atoms with van der Waals surface area (Å²) >= 11 is 1.54. The van der Waals surface area contributed by atoms with Crippen LogP contribution in [0.25, 0.3) is 0 Å². The highest BCUT2D eigenvalue weighted by atomic mass is 32.1. The molecule has 1 aromatic heterocycles. The monoisotopic (exact) mass is 369 g/mol. The minimum Gasteiger partial charge on any atom is -0.392 e. The van der Waals surface area contributed by atoms with Gasteiger partial charge in [-0.3, -0.25) is 4.79 Å². The van der Waals surface area contributed by atoms with E-state index in [2.05, 4.69) is 16.7 Å². The number of benzene rings is 1. The number of aryl methyl sites for hydroxylation is 1. The number of aliphatic hydroxyl groups is 1. The molecule has 1 amide bonds. The lowest BCUT2D eigenvalue weighted by atomic mass is 10.1. The van der Waals surface area contributed by atoms with Gasteiger partial charge in [0.2, 0.25) is 5.91 Å².